The minimum Gasteiger partial charge on any atom is -0.478 e. The maximum atomic E-state index is 11.3. The van der Waals surface area contributed by atoms with Crippen LogP contribution in [0, 0.1) is 0 Å². The molecule has 1 N–H and O–H groups in total. The van der Waals surface area contributed by atoms with Crippen molar-refractivity contribution >= 4 is 85.0 Å². The second-order valence-electron chi connectivity index (χ2n) is 13.0. The second-order valence-corrected chi connectivity index (χ2v) is 43.1. The molecule has 6 rings (SSSR count). The van der Waals surface area contributed by atoms with Crippen molar-refractivity contribution in [2.45, 2.75) is 129 Å². The zero-order valence-corrected chi connectivity index (χ0v) is 38.1. The molecule has 0 unspecified atom stereocenters. The lowest BCUT2D eigenvalue weighted by Gasteiger charge is -2.62. The van der Waals surface area contributed by atoms with Gasteiger partial charge in [-0.3, -0.25) is 0 Å². The van der Waals surface area contributed by atoms with Crippen molar-refractivity contribution in [2.24, 2.45) is 0 Å². The summed E-state index contributed by atoms with van der Waals surface area (Å²) in [6.45, 7) is 21.4. The van der Waals surface area contributed by atoms with Crippen LogP contribution in [-0.4, -0.2) is 90.1 Å². The van der Waals surface area contributed by atoms with Gasteiger partial charge in [0, 0.05) is 47.9 Å². The van der Waals surface area contributed by atoms with Crippen molar-refractivity contribution in [1.29, 1.82) is 0 Å². The van der Waals surface area contributed by atoms with Gasteiger partial charge in [0.25, 0.3) is 0 Å². The minimum absolute atomic E-state index is 0.185. The highest BCUT2D eigenvalue weighted by atomic mass is 28.6. The SMILES string of the molecule is C=C(CCCC[Si](C)(C)O[Si]12O[Si]3(CC)O[Si]4(CC)O[Si]5(CC)O[Si](CC)(O3)O[Si](CC)(O[Si](CC)(O5)O[Si](CC)(O4)O1)O2)C(=O)O. The number of rotatable bonds is 15. The molecule has 6 saturated heterocycles. The first-order valence-electron chi connectivity index (χ1n) is 17.0. The first-order valence-corrected chi connectivity index (χ1v) is 35.2. The van der Waals surface area contributed by atoms with Crippen LogP contribution in [0.15, 0.2) is 12.2 Å². The molecule has 0 saturated carbocycles. The van der Waals surface area contributed by atoms with Gasteiger partial charge in [-0.05, 0) is 32.0 Å². The summed E-state index contributed by atoms with van der Waals surface area (Å²) in [6, 6.07) is 3.22. The molecule has 0 spiro atoms. The Morgan fingerprint density at radius 1 is 0.553 bits per heavy atom. The van der Waals surface area contributed by atoms with Gasteiger partial charge in [-0.25, -0.2) is 4.79 Å². The van der Waals surface area contributed by atoms with E-state index in [9.17, 15) is 9.90 Å². The van der Waals surface area contributed by atoms with Gasteiger partial charge in [0.1, 0.15) is 0 Å². The topological polar surface area (TPSA) is 157 Å². The zero-order valence-electron chi connectivity index (χ0n) is 29.1. The van der Waals surface area contributed by atoms with Crippen LogP contribution in [0.25, 0.3) is 0 Å². The lowest BCUT2D eigenvalue weighted by molar-refractivity contribution is -0.132. The van der Waals surface area contributed by atoms with Gasteiger partial charge in [-0.1, -0.05) is 61.5 Å². The molecule has 6 heterocycles. The number of unbranched alkanes of at least 4 members (excludes halogenated alkanes) is 1. The highest BCUT2D eigenvalue weighted by molar-refractivity contribution is 7.03. The third-order valence-corrected chi connectivity index (χ3v) is 48.8. The van der Waals surface area contributed by atoms with Gasteiger partial charge in [0.2, 0.25) is 0 Å². The third kappa shape index (κ3) is 7.46. The molecular weight excluding hydrogens is 769 g/mol. The van der Waals surface area contributed by atoms with Crippen LogP contribution in [0.1, 0.15) is 67.7 Å². The van der Waals surface area contributed by atoms with Crippen LogP contribution in [0.2, 0.25) is 61.4 Å². The van der Waals surface area contributed by atoms with Crippen molar-refractivity contribution in [3.63, 3.8) is 0 Å². The molecular formula is C23H52O15Si9. The summed E-state index contributed by atoms with van der Waals surface area (Å²) in [6.07, 6.45) is 1.76. The van der Waals surface area contributed by atoms with Crippen molar-refractivity contribution in [3.8, 4) is 0 Å². The Morgan fingerprint density at radius 3 is 1.09 bits per heavy atom. The molecule has 6 aliphatic heterocycles. The van der Waals surface area contributed by atoms with E-state index >= 15 is 0 Å². The van der Waals surface area contributed by atoms with E-state index in [-0.39, 0.29) is 5.57 Å². The first kappa shape index (κ1) is 38.9. The Hall–Kier alpha value is 0.642. The van der Waals surface area contributed by atoms with E-state index in [1.165, 1.54) is 0 Å². The smallest absolute Gasteiger partial charge is 0.478 e. The number of carbonyl (C=O) groups is 1. The molecule has 0 amide bonds. The van der Waals surface area contributed by atoms with Gasteiger partial charge < -0.3 is 58.6 Å². The Bertz CT molecular complexity index is 1090. The van der Waals surface area contributed by atoms with Crippen LogP contribution >= 0.6 is 0 Å². The van der Waals surface area contributed by atoms with Gasteiger partial charge in [-0.15, -0.1) is 0 Å². The molecule has 0 aromatic carbocycles. The quantitative estimate of drug-likeness (QED) is 0.127. The number of hydrogen-bond donors (Lipinski definition) is 1. The van der Waals surface area contributed by atoms with E-state index < -0.39 is 85.0 Å². The van der Waals surface area contributed by atoms with Crippen LogP contribution in [0.3, 0.4) is 0 Å². The molecule has 47 heavy (non-hydrogen) atoms. The normalized spacial score (nSPS) is 44.4. The standard InChI is InChI=1S/C23H52O15Si9/c1-11-40-27-41(12-2)30-44(15-5)32-42(13-3,28-40)34-46(17-7)35-43(14-4,29-40)33-45(16-6,31-41)37-47(36-44,38-46)26-39(9,10)21-19-18-20-22(8)23(24)25/h8,11-21H2,1-7,9-10H3,(H,24,25). The Morgan fingerprint density at radius 2 is 0.830 bits per heavy atom. The summed E-state index contributed by atoms with van der Waals surface area (Å²) in [7, 11) is -33.4. The number of hydrogen-bond acceptors (Lipinski definition) is 14. The molecule has 0 aromatic heterocycles. The fourth-order valence-corrected chi connectivity index (χ4v) is 58.8. The third-order valence-electron chi connectivity index (χ3n) is 8.88. The molecule has 0 aliphatic carbocycles. The summed E-state index contributed by atoms with van der Waals surface area (Å²) in [5.74, 6) is -0.984. The summed E-state index contributed by atoms with van der Waals surface area (Å²) in [4.78, 5) is 11.3. The highest BCUT2D eigenvalue weighted by Crippen LogP contribution is 2.53. The molecule has 0 aromatic rings. The van der Waals surface area contributed by atoms with E-state index in [1.54, 1.807) is 0 Å². The van der Waals surface area contributed by atoms with Gasteiger partial charge in [0.15, 0.2) is 8.32 Å². The van der Waals surface area contributed by atoms with E-state index in [4.69, 9.17) is 53.5 Å². The monoisotopic (exact) mass is 820 g/mol. The maximum Gasteiger partial charge on any atom is 0.646 e. The average molecular weight is 821 g/mol. The van der Waals surface area contributed by atoms with E-state index in [2.05, 4.69) is 19.7 Å². The predicted molar refractivity (Wildman–Crippen MR) is 186 cm³/mol. The largest absolute Gasteiger partial charge is 0.646 e. The van der Waals surface area contributed by atoms with Crippen molar-refractivity contribution in [1.82, 2.24) is 0 Å². The summed E-state index contributed by atoms with van der Waals surface area (Å²) in [5.41, 5.74) is 0.185. The Kier molecular flexibility index (Phi) is 11.2. The van der Waals surface area contributed by atoms with E-state index in [0.717, 1.165) is 6.42 Å². The molecule has 270 valence electrons. The van der Waals surface area contributed by atoms with E-state index in [1.807, 2.05) is 48.5 Å². The summed E-state index contributed by atoms with van der Waals surface area (Å²) < 4.78 is 92.8. The van der Waals surface area contributed by atoms with Crippen molar-refractivity contribution < 1.29 is 63.4 Å². The molecule has 6 aliphatic rings. The van der Waals surface area contributed by atoms with Crippen LogP contribution < -0.4 is 0 Å². The number of carboxylic acid groups (broad SMARTS) is 1. The Balaban J connectivity index is 1.68. The lowest BCUT2D eigenvalue weighted by atomic mass is 10.1. The van der Waals surface area contributed by atoms with Crippen LogP contribution in [0.5, 0.6) is 0 Å². The molecule has 0 radical (unpaired) electrons. The van der Waals surface area contributed by atoms with Crippen molar-refractivity contribution in [3.05, 3.63) is 12.2 Å². The summed E-state index contributed by atoms with van der Waals surface area (Å²) >= 11 is 0. The Labute approximate surface area is 288 Å². The van der Waals surface area contributed by atoms with Gasteiger partial charge >= 0.3 is 76.6 Å². The van der Waals surface area contributed by atoms with Crippen molar-refractivity contribution in [2.75, 3.05) is 0 Å². The van der Waals surface area contributed by atoms with Gasteiger partial charge in [-0.2, -0.15) is 0 Å². The van der Waals surface area contributed by atoms with E-state index in [0.29, 0.717) is 61.2 Å². The molecule has 8 bridgehead atoms. The predicted octanol–water partition coefficient (Wildman–Crippen LogP) is 5.43. The fourth-order valence-electron chi connectivity index (χ4n) is 6.17. The molecule has 15 nitrogen and oxygen atoms in total. The van der Waals surface area contributed by atoms with Crippen LogP contribution in [-0.2, 0) is 58.3 Å². The molecule has 24 heteroatoms. The molecule has 6 fully saturated rings. The average Bonchev–Trinajstić information content (AvgIpc) is 2.98. The highest BCUT2D eigenvalue weighted by Gasteiger charge is 2.83. The lowest BCUT2D eigenvalue weighted by Crippen LogP contribution is -2.88. The zero-order chi connectivity index (χ0) is 34.6. The number of carboxylic acids is 1. The first-order chi connectivity index (χ1) is 21.9. The maximum absolute atomic E-state index is 11.3. The van der Waals surface area contributed by atoms with Crippen LogP contribution in [0.4, 0.5) is 0 Å². The minimum atomic E-state index is -4.34. The molecule has 0 atom stereocenters. The van der Waals surface area contributed by atoms with Gasteiger partial charge in [0.05, 0.1) is 0 Å². The second kappa shape index (κ2) is 13.6. The number of aliphatic carboxylic acids is 1. The summed E-state index contributed by atoms with van der Waals surface area (Å²) in [5, 5.41) is 9.26. The fraction of sp³-hybridized carbons (Fsp3) is 0.870.